The highest BCUT2D eigenvalue weighted by molar-refractivity contribution is 5.75. The summed E-state index contributed by atoms with van der Waals surface area (Å²) in [5.74, 6) is 1.49. The average Bonchev–Trinajstić information content (AvgIpc) is 2.26. The lowest BCUT2D eigenvalue weighted by atomic mass is 9.96. The normalized spacial score (nSPS) is 17.8. The zero-order valence-corrected chi connectivity index (χ0v) is 10.9. The lowest BCUT2D eigenvalue weighted by molar-refractivity contribution is -0.130. The molecule has 1 rings (SSSR count). The van der Waals surface area contributed by atoms with Gasteiger partial charge in [0.05, 0.1) is 0 Å². The molecular formula is C13H25NO2. The molecule has 1 heterocycles. The summed E-state index contributed by atoms with van der Waals surface area (Å²) in [7, 11) is 1.92. The van der Waals surface area contributed by atoms with Crippen molar-refractivity contribution in [3.05, 3.63) is 0 Å². The molecule has 3 heteroatoms. The third-order valence-corrected chi connectivity index (χ3v) is 3.22. The molecule has 0 radical (unpaired) electrons. The number of hydrogen-bond donors (Lipinski definition) is 0. The molecule has 0 aromatic rings. The molecule has 94 valence electrons. The number of hydrogen-bond acceptors (Lipinski definition) is 2. The van der Waals surface area contributed by atoms with Crippen LogP contribution in [0, 0.1) is 11.8 Å². The molecule has 0 spiro atoms. The summed E-state index contributed by atoms with van der Waals surface area (Å²) in [5.41, 5.74) is 0. The predicted octanol–water partition coefficient (Wildman–Crippen LogP) is 2.31. The molecule has 0 unspecified atom stereocenters. The van der Waals surface area contributed by atoms with Crippen LogP contribution in [0.2, 0.25) is 0 Å². The van der Waals surface area contributed by atoms with Gasteiger partial charge in [-0.3, -0.25) is 4.79 Å². The number of ether oxygens (including phenoxy) is 1. The Hall–Kier alpha value is -0.570. The van der Waals surface area contributed by atoms with Gasteiger partial charge in [-0.1, -0.05) is 13.8 Å². The van der Waals surface area contributed by atoms with Crippen molar-refractivity contribution >= 4 is 5.91 Å². The van der Waals surface area contributed by atoms with E-state index < -0.39 is 0 Å². The first-order valence-electron chi connectivity index (χ1n) is 6.41. The van der Waals surface area contributed by atoms with Crippen molar-refractivity contribution in [2.75, 3.05) is 26.8 Å². The zero-order chi connectivity index (χ0) is 12.0. The van der Waals surface area contributed by atoms with E-state index in [0.29, 0.717) is 12.3 Å². The lowest BCUT2D eigenvalue weighted by Crippen LogP contribution is -2.30. The van der Waals surface area contributed by atoms with Crippen molar-refractivity contribution in [3.63, 3.8) is 0 Å². The van der Waals surface area contributed by atoms with Crippen LogP contribution in [0.5, 0.6) is 0 Å². The Kier molecular flexibility index (Phi) is 5.81. The Morgan fingerprint density at radius 3 is 2.56 bits per heavy atom. The van der Waals surface area contributed by atoms with Crippen LogP contribution in [-0.2, 0) is 9.53 Å². The number of nitrogens with zero attached hydrogens (tertiary/aromatic N) is 1. The van der Waals surface area contributed by atoms with Crippen LogP contribution in [0.25, 0.3) is 0 Å². The molecule has 1 aliphatic heterocycles. The van der Waals surface area contributed by atoms with Gasteiger partial charge in [-0.25, -0.2) is 0 Å². The zero-order valence-electron chi connectivity index (χ0n) is 10.9. The van der Waals surface area contributed by atoms with Crippen LogP contribution in [0.4, 0.5) is 0 Å². The maximum absolute atomic E-state index is 11.7. The van der Waals surface area contributed by atoms with Crippen LogP contribution in [-0.4, -0.2) is 37.6 Å². The van der Waals surface area contributed by atoms with E-state index in [1.54, 1.807) is 0 Å². The Morgan fingerprint density at radius 2 is 2.00 bits per heavy atom. The minimum absolute atomic E-state index is 0.280. The van der Waals surface area contributed by atoms with Gasteiger partial charge in [0.15, 0.2) is 0 Å². The highest BCUT2D eigenvalue weighted by Crippen LogP contribution is 2.18. The summed E-state index contributed by atoms with van der Waals surface area (Å²) in [6.45, 7) is 6.87. The van der Waals surface area contributed by atoms with Gasteiger partial charge in [-0.15, -0.1) is 0 Å². The summed E-state index contributed by atoms with van der Waals surface area (Å²) in [4.78, 5) is 13.6. The molecule has 0 saturated carbocycles. The molecule has 1 fully saturated rings. The summed E-state index contributed by atoms with van der Waals surface area (Å²) in [6.07, 6.45) is 4.12. The Bertz CT molecular complexity index is 210. The van der Waals surface area contributed by atoms with Crippen LogP contribution in [0.3, 0.4) is 0 Å². The molecule has 1 aliphatic rings. The average molecular weight is 227 g/mol. The van der Waals surface area contributed by atoms with Gasteiger partial charge in [0, 0.05) is 33.2 Å². The molecule has 0 aliphatic carbocycles. The molecule has 0 aromatic heterocycles. The summed E-state index contributed by atoms with van der Waals surface area (Å²) >= 11 is 0. The summed E-state index contributed by atoms with van der Waals surface area (Å²) in [6, 6.07) is 0. The molecule has 0 aromatic carbocycles. The second-order valence-electron chi connectivity index (χ2n) is 5.26. The van der Waals surface area contributed by atoms with E-state index in [0.717, 1.165) is 44.9 Å². The molecule has 1 amide bonds. The van der Waals surface area contributed by atoms with Crippen LogP contribution in [0.1, 0.15) is 39.5 Å². The highest BCUT2D eigenvalue weighted by Gasteiger charge is 2.16. The first-order chi connectivity index (χ1) is 7.59. The fourth-order valence-corrected chi connectivity index (χ4v) is 2.04. The third-order valence-electron chi connectivity index (χ3n) is 3.22. The van der Waals surface area contributed by atoms with Gasteiger partial charge < -0.3 is 9.64 Å². The number of carbonyl (C=O) groups is 1. The Labute approximate surface area is 99.1 Å². The van der Waals surface area contributed by atoms with Crippen molar-refractivity contribution in [3.8, 4) is 0 Å². The Morgan fingerprint density at radius 1 is 1.38 bits per heavy atom. The topological polar surface area (TPSA) is 29.5 Å². The SMILES string of the molecule is CC(C)CC(=O)N(C)CCC1CCOCC1. The van der Waals surface area contributed by atoms with Gasteiger partial charge in [-0.05, 0) is 31.1 Å². The molecule has 16 heavy (non-hydrogen) atoms. The lowest BCUT2D eigenvalue weighted by Gasteiger charge is -2.25. The first kappa shape index (κ1) is 13.5. The van der Waals surface area contributed by atoms with E-state index in [-0.39, 0.29) is 5.91 Å². The van der Waals surface area contributed by atoms with E-state index >= 15 is 0 Å². The molecular weight excluding hydrogens is 202 g/mol. The molecule has 0 atom stereocenters. The van der Waals surface area contributed by atoms with Crippen LogP contribution >= 0.6 is 0 Å². The van der Waals surface area contributed by atoms with Gasteiger partial charge in [-0.2, -0.15) is 0 Å². The van der Waals surface area contributed by atoms with Crippen molar-refractivity contribution in [2.24, 2.45) is 11.8 Å². The van der Waals surface area contributed by atoms with Gasteiger partial charge in [0.2, 0.25) is 5.91 Å². The summed E-state index contributed by atoms with van der Waals surface area (Å²) < 4.78 is 5.33. The fourth-order valence-electron chi connectivity index (χ4n) is 2.04. The van der Waals surface area contributed by atoms with Crippen molar-refractivity contribution in [1.29, 1.82) is 0 Å². The predicted molar refractivity (Wildman–Crippen MR) is 65.3 cm³/mol. The number of rotatable bonds is 5. The number of carbonyl (C=O) groups excluding carboxylic acids is 1. The minimum atomic E-state index is 0.280. The number of amides is 1. The van der Waals surface area contributed by atoms with Crippen molar-refractivity contribution in [1.82, 2.24) is 4.90 Å². The molecule has 0 bridgehead atoms. The van der Waals surface area contributed by atoms with Crippen molar-refractivity contribution < 1.29 is 9.53 Å². The highest BCUT2D eigenvalue weighted by atomic mass is 16.5. The van der Waals surface area contributed by atoms with Crippen molar-refractivity contribution in [2.45, 2.75) is 39.5 Å². The van der Waals surface area contributed by atoms with E-state index in [1.807, 2.05) is 11.9 Å². The summed E-state index contributed by atoms with van der Waals surface area (Å²) in [5, 5.41) is 0. The first-order valence-corrected chi connectivity index (χ1v) is 6.41. The largest absolute Gasteiger partial charge is 0.381 e. The van der Waals surface area contributed by atoms with E-state index in [9.17, 15) is 4.79 Å². The Balaban J connectivity index is 2.17. The maximum Gasteiger partial charge on any atom is 0.222 e. The van der Waals surface area contributed by atoms with Gasteiger partial charge >= 0.3 is 0 Å². The second kappa shape index (κ2) is 6.89. The van der Waals surface area contributed by atoms with E-state index in [2.05, 4.69) is 13.8 Å². The molecule has 0 N–H and O–H groups in total. The second-order valence-corrected chi connectivity index (χ2v) is 5.26. The smallest absolute Gasteiger partial charge is 0.222 e. The molecule has 1 saturated heterocycles. The molecule has 3 nitrogen and oxygen atoms in total. The minimum Gasteiger partial charge on any atom is -0.381 e. The van der Waals surface area contributed by atoms with Gasteiger partial charge in [0.1, 0.15) is 0 Å². The monoisotopic (exact) mass is 227 g/mol. The van der Waals surface area contributed by atoms with Gasteiger partial charge in [0.25, 0.3) is 0 Å². The standard InChI is InChI=1S/C13H25NO2/c1-11(2)10-13(15)14(3)7-4-12-5-8-16-9-6-12/h11-12H,4-10H2,1-3H3. The van der Waals surface area contributed by atoms with E-state index in [1.165, 1.54) is 0 Å². The quantitative estimate of drug-likeness (QED) is 0.721. The maximum atomic E-state index is 11.7. The van der Waals surface area contributed by atoms with Crippen LogP contribution in [0.15, 0.2) is 0 Å². The fraction of sp³-hybridized carbons (Fsp3) is 0.923. The third kappa shape index (κ3) is 4.97. The van der Waals surface area contributed by atoms with Crippen LogP contribution < -0.4 is 0 Å². The van der Waals surface area contributed by atoms with E-state index in [4.69, 9.17) is 4.74 Å².